The van der Waals surface area contributed by atoms with E-state index in [9.17, 15) is 4.79 Å². The molecule has 21 heavy (non-hydrogen) atoms. The standard InChI is InChI=1S/C14H17ClN4OS/c1-2-6-14(7-3-8-16-14)13(20)17-11-9(15)4-5-10-12(11)19-21-18-10/h4-5,16H,2-3,6-8H2,1H3,(H,17,20). The summed E-state index contributed by atoms with van der Waals surface area (Å²) in [5.41, 5.74) is 1.50. The van der Waals surface area contributed by atoms with Gasteiger partial charge in [0.15, 0.2) is 0 Å². The molecule has 3 rings (SSSR count). The van der Waals surface area contributed by atoms with Gasteiger partial charge in [0.1, 0.15) is 11.0 Å². The van der Waals surface area contributed by atoms with Gasteiger partial charge in [-0.1, -0.05) is 24.9 Å². The molecule has 0 aliphatic carbocycles. The predicted molar refractivity (Wildman–Crippen MR) is 85.9 cm³/mol. The van der Waals surface area contributed by atoms with Gasteiger partial charge in [-0.25, -0.2) is 0 Å². The summed E-state index contributed by atoms with van der Waals surface area (Å²) in [6.07, 6.45) is 3.65. The van der Waals surface area contributed by atoms with Crippen LogP contribution in [0.5, 0.6) is 0 Å². The Morgan fingerprint density at radius 2 is 2.38 bits per heavy atom. The number of nitrogens with one attached hydrogen (secondary N) is 2. The zero-order valence-electron chi connectivity index (χ0n) is 11.8. The Hall–Kier alpha value is -1.24. The third-order valence-corrected chi connectivity index (χ3v) is 4.83. The van der Waals surface area contributed by atoms with Gasteiger partial charge in [0.2, 0.25) is 5.91 Å². The zero-order chi connectivity index (χ0) is 14.9. The van der Waals surface area contributed by atoms with Crippen molar-refractivity contribution in [2.75, 3.05) is 11.9 Å². The topological polar surface area (TPSA) is 66.9 Å². The Balaban J connectivity index is 1.92. The van der Waals surface area contributed by atoms with Crippen LogP contribution in [0.15, 0.2) is 12.1 Å². The molecule has 0 saturated carbocycles. The van der Waals surface area contributed by atoms with E-state index in [0.29, 0.717) is 16.2 Å². The lowest BCUT2D eigenvalue weighted by molar-refractivity contribution is -0.122. The number of hydrogen-bond acceptors (Lipinski definition) is 5. The number of rotatable bonds is 4. The van der Waals surface area contributed by atoms with Gasteiger partial charge < -0.3 is 10.6 Å². The molecule has 1 saturated heterocycles. The van der Waals surface area contributed by atoms with Crippen LogP contribution in [0.3, 0.4) is 0 Å². The second-order valence-corrected chi connectivity index (χ2v) is 6.31. The molecule has 5 nitrogen and oxygen atoms in total. The van der Waals surface area contributed by atoms with E-state index >= 15 is 0 Å². The minimum absolute atomic E-state index is 0.0238. The average Bonchev–Trinajstić information content (AvgIpc) is 3.11. The lowest BCUT2D eigenvalue weighted by Gasteiger charge is -2.28. The van der Waals surface area contributed by atoms with E-state index in [1.165, 1.54) is 0 Å². The van der Waals surface area contributed by atoms with Gasteiger partial charge in [0.25, 0.3) is 0 Å². The number of anilines is 1. The smallest absolute Gasteiger partial charge is 0.244 e. The Morgan fingerprint density at radius 1 is 1.52 bits per heavy atom. The molecule has 112 valence electrons. The molecule has 0 bridgehead atoms. The van der Waals surface area contributed by atoms with Crippen LogP contribution in [0.2, 0.25) is 5.02 Å². The fraction of sp³-hybridized carbons (Fsp3) is 0.500. The minimum Gasteiger partial charge on any atom is -0.321 e. The van der Waals surface area contributed by atoms with Crippen molar-refractivity contribution >= 4 is 46.0 Å². The van der Waals surface area contributed by atoms with E-state index in [1.807, 2.05) is 6.07 Å². The van der Waals surface area contributed by atoms with Gasteiger partial charge in [-0.15, -0.1) is 0 Å². The fourth-order valence-electron chi connectivity index (χ4n) is 2.93. The van der Waals surface area contributed by atoms with Crippen molar-refractivity contribution in [1.29, 1.82) is 0 Å². The molecule has 1 amide bonds. The van der Waals surface area contributed by atoms with Gasteiger partial charge in [0, 0.05) is 0 Å². The van der Waals surface area contributed by atoms with E-state index in [0.717, 1.165) is 49.5 Å². The number of fused-ring (bicyclic) bond motifs is 1. The Labute approximate surface area is 132 Å². The lowest BCUT2D eigenvalue weighted by Crippen LogP contribution is -2.50. The van der Waals surface area contributed by atoms with Crippen molar-refractivity contribution in [3.05, 3.63) is 17.2 Å². The maximum Gasteiger partial charge on any atom is 0.244 e. The van der Waals surface area contributed by atoms with Crippen molar-refractivity contribution < 1.29 is 4.79 Å². The molecule has 0 spiro atoms. The maximum absolute atomic E-state index is 12.8. The SMILES string of the molecule is CCCC1(C(=O)Nc2c(Cl)ccc3nsnc23)CCCN1. The molecule has 1 aromatic heterocycles. The normalized spacial score (nSPS) is 21.8. The van der Waals surface area contributed by atoms with Crippen LogP contribution < -0.4 is 10.6 Å². The van der Waals surface area contributed by atoms with Gasteiger partial charge in [-0.3, -0.25) is 4.79 Å². The monoisotopic (exact) mass is 324 g/mol. The average molecular weight is 325 g/mol. The van der Waals surface area contributed by atoms with Crippen LogP contribution >= 0.6 is 23.3 Å². The quantitative estimate of drug-likeness (QED) is 0.906. The summed E-state index contributed by atoms with van der Waals surface area (Å²) >= 11 is 7.35. The molecule has 1 aliphatic rings. The lowest BCUT2D eigenvalue weighted by atomic mass is 9.90. The van der Waals surface area contributed by atoms with Gasteiger partial charge >= 0.3 is 0 Å². The molecule has 1 aliphatic heterocycles. The summed E-state index contributed by atoms with van der Waals surface area (Å²) in [7, 11) is 0. The Morgan fingerprint density at radius 3 is 3.10 bits per heavy atom. The van der Waals surface area contributed by atoms with Crippen LogP contribution in [-0.4, -0.2) is 26.7 Å². The van der Waals surface area contributed by atoms with E-state index in [2.05, 4.69) is 26.3 Å². The third-order valence-electron chi connectivity index (χ3n) is 3.97. The Kier molecular flexibility index (Phi) is 4.10. The highest BCUT2D eigenvalue weighted by atomic mass is 35.5. The minimum atomic E-state index is -0.482. The second kappa shape index (κ2) is 5.87. The van der Waals surface area contributed by atoms with Gasteiger partial charge in [-0.2, -0.15) is 8.75 Å². The van der Waals surface area contributed by atoms with Crippen LogP contribution in [0.25, 0.3) is 11.0 Å². The molecular formula is C14H17ClN4OS. The van der Waals surface area contributed by atoms with Crippen molar-refractivity contribution in [2.24, 2.45) is 0 Å². The van der Waals surface area contributed by atoms with Crippen LogP contribution in [0, 0.1) is 0 Å². The molecule has 1 fully saturated rings. The highest BCUT2D eigenvalue weighted by Gasteiger charge is 2.40. The molecule has 1 atom stereocenters. The van der Waals surface area contributed by atoms with E-state index in [1.54, 1.807) is 6.07 Å². The molecule has 2 aromatic rings. The van der Waals surface area contributed by atoms with Crippen molar-refractivity contribution in [3.8, 4) is 0 Å². The molecule has 1 aromatic carbocycles. The number of amides is 1. The highest BCUT2D eigenvalue weighted by molar-refractivity contribution is 7.00. The van der Waals surface area contributed by atoms with E-state index in [4.69, 9.17) is 11.6 Å². The van der Waals surface area contributed by atoms with E-state index in [-0.39, 0.29) is 5.91 Å². The van der Waals surface area contributed by atoms with Crippen LogP contribution in [0.1, 0.15) is 32.6 Å². The first kappa shape index (κ1) is 14.7. The summed E-state index contributed by atoms with van der Waals surface area (Å²) in [4.78, 5) is 12.8. The molecule has 2 N–H and O–H groups in total. The molecule has 7 heteroatoms. The molecule has 0 radical (unpaired) electrons. The van der Waals surface area contributed by atoms with Gasteiger partial charge in [-0.05, 0) is 37.9 Å². The largest absolute Gasteiger partial charge is 0.321 e. The van der Waals surface area contributed by atoms with Crippen LogP contribution in [0.4, 0.5) is 5.69 Å². The number of benzene rings is 1. The number of carbonyl (C=O) groups excluding carboxylic acids is 1. The number of hydrogen-bond donors (Lipinski definition) is 2. The molecule has 2 heterocycles. The van der Waals surface area contributed by atoms with Crippen molar-refractivity contribution in [1.82, 2.24) is 14.1 Å². The predicted octanol–water partition coefficient (Wildman–Crippen LogP) is 3.21. The number of carbonyl (C=O) groups is 1. The van der Waals surface area contributed by atoms with Crippen molar-refractivity contribution in [3.63, 3.8) is 0 Å². The number of nitrogens with zero attached hydrogens (tertiary/aromatic N) is 2. The third kappa shape index (κ3) is 2.63. The fourth-order valence-corrected chi connectivity index (χ4v) is 3.67. The molecule has 1 unspecified atom stereocenters. The van der Waals surface area contributed by atoms with Crippen LogP contribution in [-0.2, 0) is 4.79 Å². The summed E-state index contributed by atoms with van der Waals surface area (Å²) in [5.74, 6) is -0.0238. The first-order valence-corrected chi connectivity index (χ1v) is 8.24. The van der Waals surface area contributed by atoms with Crippen molar-refractivity contribution in [2.45, 2.75) is 38.1 Å². The summed E-state index contributed by atoms with van der Waals surface area (Å²) in [6.45, 7) is 2.97. The van der Waals surface area contributed by atoms with E-state index < -0.39 is 5.54 Å². The summed E-state index contributed by atoms with van der Waals surface area (Å²) < 4.78 is 8.42. The van der Waals surface area contributed by atoms with Gasteiger partial charge in [0.05, 0.1) is 28.0 Å². The first-order chi connectivity index (χ1) is 10.2. The molecular weight excluding hydrogens is 308 g/mol. The maximum atomic E-state index is 12.8. The number of aromatic nitrogens is 2. The second-order valence-electron chi connectivity index (χ2n) is 5.37. The highest BCUT2D eigenvalue weighted by Crippen LogP contribution is 2.32. The summed E-state index contributed by atoms with van der Waals surface area (Å²) in [6, 6.07) is 3.56. The number of halogens is 1. The first-order valence-electron chi connectivity index (χ1n) is 7.13. The zero-order valence-corrected chi connectivity index (χ0v) is 13.4. The Bertz CT molecular complexity index is 666. The summed E-state index contributed by atoms with van der Waals surface area (Å²) in [5, 5.41) is 6.84.